The number of rotatable bonds is 5. The minimum absolute atomic E-state index is 0.317. The van der Waals surface area contributed by atoms with E-state index in [0.717, 1.165) is 28.7 Å². The van der Waals surface area contributed by atoms with Crippen molar-refractivity contribution in [1.29, 1.82) is 0 Å². The van der Waals surface area contributed by atoms with E-state index in [0.29, 0.717) is 12.3 Å². The average Bonchev–Trinajstić information content (AvgIpc) is 2.74. The summed E-state index contributed by atoms with van der Waals surface area (Å²) in [5.74, 6) is 0.317. The minimum atomic E-state index is 0.317. The first-order chi connectivity index (χ1) is 9.10. The molecule has 102 valence electrons. The van der Waals surface area contributed by atoms with Crippen molar-refractivity contribution in [1.82, 2.24) is 15.1 Å². The maximum absolute atomic E-state index is 9.76. The van der Waals surface area contributed by atoms with Crippen LogP contribution >= 0.6 is 15.9 Å². The van der Waals surface area contributed by atoms with Crippen molar-refractivity contribution >= 4 is 15.9 Å². The normalized spacial score (nSPS) is 10.9. The molecular weight excluding hydrogens is 306 g/mol. The van der Waals surface area contributed by atoms with E-state index in [1.165, 1.54) is 5.56 Å². The van der Waals surface area contributed by atoms with Gasteiger partial charge in [0.2, 0.25) is 0 Å². The molecule has 0 atom stereocenters. The summed E-state index contributed by atoms with van der Waals surface area (Å²) in [6.45, 7) is 3.48. The van der Waals surface area contributed by atoms with E-state index in [-0.39, 0.29) is 0 Å². The van der Waals surface area contributed by atoms with Crippen molar-refractivity contribution in [2.75, 3.05) is 0 Å². The Morgan fingerprint density at radius 1 is 1.32 bits per heavy atom. The Morgan fingerprint density at radius 2 is 2.05 bits per heavy atom. The zero-order valence-electron chi connectivity index (χ0n) is 11.2. The Labute approximate surface area is 121 Å². The van der Waals surface area contributed by atoms with Crippen LogP contribution in [0.2, 0.25) is 0 Å². The maximum atomic E-state index is 9.76. The number of aromatic hydroxyl groups is 1. The van der Waals surface area contributed by atoms with Crippen LogP contribution in [0.1, 0.15) is 23.7 Å². The molecule has 2 N–H and O–H groups in total. The van der Waals surface area contributed by atoms with Gasteiger partial charge in [0.15, 0.2) is 0 Å². The molecular formula is C14H18BrN3O. The van der Waals surface area contributed by atoms with E-state index in [1.54, 1.807) is 6.07 Å². The van der Waals surface area contributed by atoms with Crippen LogP contribution in [-0.2, 0) is 26.6 Å². The van der Waals surface area contributed by atoms with Crippen LogP contribution in [0.4, 0.5) is 0 Å². The van der Waals surface area contributed by atoms with Crippen LogP contribution < -0.4 is 5.32 Å². The van der Waals surface area contributed by atoms with Gasteiger partial charge in [-0.15, -0.1) is 0 Å². The first-order valence-electron chi connectivity index (χ1n) is 6.29. The molecule has 0 spiro atoms. The van der Waals surface area contributed by atoms with Crippen LogP contribution in [-0.4, -0.2) is 14.9 Å². The van der Waals surface area contributed by atoms with Crippen molar-refractivity contribution in [3.05, 3.63) is 45.7 Å². The lowest BCUT2D eigenvalue weighted by molar-refractivity contribution is 0.464. The predicted molar refractivity (Wildman–Crippen MR) is 78.9 cm³/mol. The molecule has 5 heteroatoms. The second-order valence-corrected chi connectivity index (χ2v) is 5.42. The molecule has 0 saturated heterocycles. The molecule has 0 fully saturated rings. The van der Waals surface area contributed by atoms with Crippen LogP contribution in [0.25, 0.3) is 0 Å². The Morgan fingerprint density at radius 3 is 2.79 bits per heavy atom. The molecule has 0 aliphatic heterocycles. The van der Waals surface area contributed by atoms with Gasteiger partial charge in [0, 0.05) is 41.9 Å². The standard InChI is InChI=1S/C14H18BrN3O/c1-3-13-11(9-18(2)17-13)8-16-7-10-6-12(15)4-5-14(10)19/h4-6,9,16,19H,3,7-8H2,1-2H3. The highest BCUT2D eigenvalue weighted by atomic mass is 79.9. The molecule has 0 unspecified atom stereocenters. The van der Waals surface area contributed by atoms with Gasteiger partial charge in [-0.3, -0.25) is 4.68 Å². The van der Waals surface area contributed by atoms with E-state index in [2.05, 4.69) is 33.3 Å². The third-order valence-electron chi connectivity index (χ3n) is 3.00. The van der Waals surface area contributed by atoms with E-state index in [4.69, 9.17) is 0 Å². The molecule has 1 heterocycles. The Hall–Kier alpha value is -1.33. The summed E-state index contributed by atoms with van der Waals surface area (Å²) in [4.78, 5) is 0. The number of aryl methyl sites for hydroxylation is 2. The second kappa shape index (κ2) is 6.21. The number of phenolic OH excluding ortho intramolecular Hbond substituents is 1. The van der Waals surface area contributed by atoms with Crippen molar-refractivity contribution in [3.63, 3.8) is 0 Å². The van der Waals surface area contributed by atoms with Crippen LogP contribution in [0, 0.1) is 0 Å². The highest BCUT2D eigenvalue weighted by molar-refractivity contribution is 9.10. The quantitative estimate of drug-likeness (QED) is 0.889. The fourth-order valence-corrected chi connectivity index (χ4v) is 2.46. The molecule has 19 heavy (non-hydrogen) atoms. The Bertz CT molecular complexity index is 566. The third-order valence-corrected chi connectivity index (χ3v) is 3.49. The summed E-state index contributed by atoms with van der Waals surface area (Å²) >= 11 is 3.41. The van der Waals surface area contributed by atoms with Crippen molar-refractivity contribution in [2.24, 2.45) is 7.05 Å². The molecule has 2 aromatic rings. The molecule has 0 saturated carbocycles. The maximum Gasteiger partial charge on any atom is 0.120 e. The number of aromatic nitrogens is 2. The van der Waals surface area contributed by atoms with Gasteiger partial charge in [0.05, 0.1) is 5.69 Å². The largest absolute Gasteiger partial charge is 0.508 e. The fraction of sp³-hybridized carbons (Fsp3) is 0.357. The van der Waals surface area contributed by atoms with Gasteiger partial charge >= 0.3 is 0 Å². The summed E-state index contributed by atoms with van der Waals surface area (Å²) in [6, 6.07) is 5.45. The lowest BCUT2D eigenvalue weighted by Crippen LogP contribution is -2.13. The van der Waals surface area contributed by atoms with Gasteiger partial charge in [-0.1, -0.05) is 22.9 Å². The van der Waals surface area contributed by atoms with Crippen molar-refractivity contribution < 1.29 is 5.11 Å². The summed E-state index contributed by atoms with van der Waals surface area (Å²) in [6.07, 6.45) is 2.96. The lowest BCUT2D eigenvalue weighted by atomic mass is 10.2. The van der Waals surface area contributed by atoms with E-state index >= 15 is 0 Å². The van der Waals surface area contributed by atoms with Crippen molar-refractivity contribution in [3.8, 4) is 5.75 Å². The number of halogens is 1. The Kier molecular flexibility index (Phi) is 4.61. The van der Waals surface area contributed by atoms with E-state index in [9.17, 15) is 5.11 Å². The van der Waals surface area contributed by atoms with E-state index in [1.807, 2.05) is 30.1 Å². The number of hydrogen-bond donors (Lipinski definition) is 2. The van der Waals surface area contributed by atoms with Crippen LogP contribution in [0.15, 0.2) is 28.9 Å². The molecule has 0 radical (unpaired) electrons. The van der Waals surface area contributed by atoms with Crippen LogP contribution in [0.5, 0.6) is 5.75 Å². The number of phenols is 1. The summed E-state index contributed by atoms with van der Waals surface area (Å²) in [5.41, 5.74) is 3.21. The molecule has 0 aliphatic carbocycles. The molecule has 1 aromatic carbocycles. The summed E-state index contributed by atoms with van der Waals surface area (Å²) in [5, 5.41) is 17.5. The zero-order valence-corrected chi connectivity index (χ0v) is 12.7. The lowest BCUT2D eigenvalue weighted by Gasteiger charge is -2.07. The van der Waals surface area contributed by atoms with Crippen molar-refractivity contribution in [2.45, 2.75) is 26.4 Å². The highest BCUT2D eigenvalue weighted by Gasteiger charge is 2.06. The minimum Gasteiger partial charge on any atom is -0.508 e. The smallest absolute Gasteiger partial charge is 0.120 e. The third kappa shape index (κ3) is 3.58. The first kappa shape index (κ1) is 14.1. The monoisotopic (exact) mass is 323 g/mol. The second-order valence-electron chi connectivity index (χ2n) is 4.50. The SMILES string of the molecule is CCc1nn(C)cc1CNCc1cc(Br)ccc1O. The number of benzene rings is 1. The molecule has 4 nitrogen and oxygen atoms in total. The topological polar surface area (TPSA) is 50.1 Å². The van der Waals surface area contributed by atoms with Gasteiger partial charge < -0.3 is 10.4 Å². The highest BCUT2D eigenvalue weighted by Crippen LogP contribution is 2.21. The predicted octanol–water partition coefficient (Wildman–Crippen LogP) is 2.74. The number of nitrogens with zero attached hydrogens (tertiary/aromatic N) is 2. The summed E-state index contributed by atoms with van der Waals surface area (Å²) in [7, 11) is 1.93. The molecule has 1 aromatic heterocycles. The summed E-state index contributed by atoms with van der Waals surface area (Å²) < 4.78 is 2.81. The van der Waals surface area contributed by atoms with E-state index < -0.39 is 0 Å². The van der Waals surface area contributed by atoms with Gasteiger partial charge in [0.1, 0.15) is 5.75 Å². The Balaban J connectivity index is 1.98. The molecule has 2 rings (SSSR count). The first-order valence-corrected chi connectivity index (χ1v) is 7.09. The molecule has 0 bridgehead atoms. The molecule has 0 aliphatic rings. The number of nitrogens with one attached hydrogen (secondary N) is 1. The zero-order chi connectivity index (χ0) is 13.8. The fourth-order valence-electron chi connectivity index (χ4n) is 2.06. The average molecular weight is 324 g/mol. The van der Waals surface area contributed by atoms with Gasteiger partial charge in [-0.2, -0.15) is 5.10 Å². The van der Waals surface area contributed by atoms with Crippen LogP contribution in [0.3, 0.4) is 0 Å². The number of hydrogen-bond acceptors (Lipinski definition) is 3. The van der Waals surface area contributed by atoms with Gasteiger partial charge in [0.25, 0.3) is 0 Å². The van der Waals surface area contributed by atoms with Gasteiger partial charge in [-0.05, 0) is 24.6 Å². The van der Waals surface area contributed by atoms with Gasteiger partial charge in [-0.25, -0.2) is 0 Å². The molecule has 0 amide bonds.